The number of benzene rings is 1. The molecular formula is C20H20F4N6. The molecule has 10 heteroatoms. The van der Waals surface area contributed by atoms with E-state index >= 15 is 0 Å². The van der Waals surface area contributed by atoms with Crippen LogP contribution < -0.4 is 5.32 Å². The van der Waals surface area contributed by atoms with Gasteiger partial charge >= 0.3 is 6.18 Å². The lowest BCUT2D eigenvalue weighted by Crippen LogP contribution is -2.16. The van der Waals surface area contributed by atoms with Crippen LogP contribution in [0.2, 0.25) is 0 Å². The summed E-state index contributed by atoms with van der Waals surface area (Å²) >= 11 is 0. The molecule has 0 spiro atoms. The van der Waals surface area contributed by atoms with Gasteiger partial charge in [-0.1, -0.05) is 0 Å². The summed E-state index contributed by atoms with van der Waals surface area (Å²) in [4.78, 5) is 8.44. The molecule has 0 saturated carbocycles. The van der Waals surface area contributed by atoms with Gasteiger partial charge in [-0.05, 0) is 44.5 Å². The molecule has 30 heavy (non-hydrogen) atoms. The largest absolute Gasteiger partial charge is 0.390 e. The summed E-state index contributed by atoms with van der Waals surface area (Å²) in [5.41, 5.74) is 2.99. The van der Waals surface area contributed by atoms with Gasteiger partial charge in [0.2, 0.25) is 5.95 Å². The van der Waals surface area contributed by atoms with Crippen molar-refractivity contribution in [3.8, 4) is 11.1 Å². The zero-order valence-electron chi connectivity index (χ0n) is 16.6. The number of rotatable bonds is 5. The van der Waals surface area contributed by atoms with E-state index in [1.807, 2.05) is 31.4 Å². The molecule has 1 aromatic carbocycles. The number of imidazole rings is 1. The summed E-state index contributed by atoms with van der Waals surface area (Å²) in [5.74, 6) is 0.399. The fraction of sp³-hybridized carbons (Fsp3) is 0.350. The molecule has 1 N–H and O–H groups in total. The zero-order valence-corrected chi connectivity index (χ0v) is 16.6. The van der Waals surface area contributed by atoms with Crippen LogP contribution in [0.5, 0.6) is 0 Å². The summed E-state index contributed by atoms with van der Waals surface area (Å²) in [6.45, 7) is 5.54. The molecule has 158 valence electrons. The van der Waals surface area contributed by atoms with Crippen molar-refractivity contribution in [1.29, 1.82) is 0 Å². The van der Waals surface area contributed by atoms with Gasteiger partial charge < -0.3 is 9.88 Å². The van der Waals surface area contributed by atoms with Gasteiger partial charge in [-0.25, -0.2) is 18.9 Å². The normalized spacial score (nSPS) is 12.4. The van der Waals surface area contributed by atoms with Gasteiger partial charge in [0.05, 0.1) is 23.7 Å². The number of alkyl halides is 3. The fourth-order valence-corrected chi connectivity index (χ4v) is 3.62. The van der Waals surface area contributed by atoms with E-state index in [9.17, 15) is 17.6 Å². The second-order valence-corrected chi connectivity index (χ2v) is 7.38. The number of hydrogen-bond donors (Lipinski definition) is 1. The summed E-state index contributed by atoms with van der Waals surface area (Å²) in [5, 5.41) is 6.76. The first kappa shape index (κ1) is 20.1. The molecule has 0 atom stereocenters. The van der Waals surface area contributed by atoms with E-state index in [0.717, 1.165) is 5.82 Å². The van der Waals surface area contributed by atoms with Gasteiger partial charge in [0.25, 0.3) is 0 Å². The molecule has 4 aromatic rings. The summed E-state index contributed by atoms with van der Waals surface area (Å²) in [6, 6.07) is 5.18. The fourth-order valence-electron chi connectivity index (χ4n) is 3.62. The van der Waals surface area contributed by atoms with E-state index in [-0.39, 0.29) is 18.5 Å². The smallest absolute Gasteiger partial charge is 0.353 e. The van der Waals surface area contributed by atoms with Crippen LogP contribution in [-0.2, 0) is 0 Å². The highest BCUT2D eigenvalue weighted by molar-refractivity contribution is 5.88. The third kappa shape index (κ3) is 3.69. The molecule has 0 aliphatic heterocycles. The highest BCUT2D eigenvalue weighted by atomic mass is 19.4. The van der Waals surface area contributed by atoms with Gasteiger partial charge in [-0.3, -0.25) is 0 Å². The number of aromatic nitrogens is 5. The molecule has 0 aliphatic rings. The van der Waals surface area contributed by atoms with E-state index in [2.05, 4.69) is 20.4 Å². The van der Waals surface area contributed by atoms with Gasteiger partial charge in [0.15, 0.2) is 5.82 Å². The Labute approximate surface area is 169 Å². The number of halogens is 4. The second kappa shape index (κ2) is 7.26. The van der Waals surface area contributed by atoms with Crippen LogP contribution >= 0.6 is 0 Å². The average molecular weight is 420 g/mol. The lowest BCUT2D eigenvalue weighted by molar-refractivity contribution is -0.131. The van der Waals surface area contributed by atoms with Crippen molar-refractivity contribution in [3.63, 3.8) is 0 Å². The van der Waals surface area contributed by atoms with Crippen molar-refractivity contribution in [2.45, 2.75) is 39.4 Å². The molecule has 3 aromatic heterocycles. The minimum Gasteiger partial charge on any atom is -0.353 e. The summed E-state index contributed by atoms with van der Waals surface area (Å²) < 4.78 is 55.2. The van der Waals surface area contributed by atoms with E-state index in [1.54, 1.807) is 12.3 Å². The van der Waals surface area contributed by atoms with E-state index in [0.29, 0.717) is 27.7 Å². The van der Waals surface area contributed by atoms with Crippen LogP contribution in [0.3, 0.4) is 0 Å². The van der Waals surface area contributed by atoms with Crippen molar-refractivity contribution in [2.75, 3.05) is 11.9 Å². The molecule has 3 heterocycles. The number of anilines is 1. The summed E-state index contributed by atoms with van der Waals surface area (Å²) in [7, 11) is 0. The molecule has 6 nitrogen and oxygen atoms in total. The molecule has 0 amide bonds. The average Bonchev–Trinajstić information content (AvgIpc) is 3.20. The molecule has 4 rings (SSSR count). The maximum atomic E-state index is 14.8. The van der Waals surface area contributed by atoms with Crippen molar-refractivity contribution in [1.82, 2.24) is 24.1 Å². The van der Waals surface area contributed by atoms with Crippen molar-refractivity contribution in [3.05, 3.63) is 42.2 Å². The molecule has 0 fully saturated rings. The standard InChI is InChI=1S/C20H20F4N6/c1-11(2)30-12(3)27-18-15(21)8-13(9-16(18)30)14-4-7-29-17(14)10-26-19(28-29)25-6-5-20(22,23)24/h4,7-11H,5-6H2,1-3H3,(H,25,28). The topological polar surface area (TPSA) is 60.0 Å². The van der Waals surface area contributed by atoms with E-state index in [1.165, 1.54) is 16.8 Å². The maximum Gasteiger partial charge on any atom is 0.390 e. The van der Waals surface area contributed by atoms with Crippen LogP contribution in [0.4, 0.5) is 23.5 Å². The van der Waals surface area contributed by atoms with Crippen LogP contribution in [0.15, 0.2) is 30.6 Å². The molecular weight excluding hydrogens is 400 g/mol. The molecule has 0 aliphatic carbocycles. The Bertz CT molecular complexity index is 1220. The Hall–Kier alpha value is -3.17. The van der Waals surface area contributed by atoms with Crippen LogP contribution in [0.1, 0.15) is 32.1 Å². The lowest BCUT2D eigenvalue weighted by Gasteiger charge is -2.11. The van der Waals surface area contributed by atoms with Gasteiger partial charge in [-0.15, -0.1) is 5.10 Å². The monoisotopic (exact) mass is 420 g/mol. The van der Waals surface area contributed by atoms with Crippen molar-refractivity contribution >= 4 is 22.5 Å². The van der Waals surface area contributed by atoms with Gasteiger partial charge in [0, 0.05) is 24.3 Å². The van der Waals surface area contributed by atoms with E-state index < -0.39 is 18.4 Å². The third-order valence-electron chi connectivity index (χ3n) is 4.86. The predicted molar refractivity (Wildman–Crippen MR) is 106 cm³/mol. The molecule has 0 saturated heterocycles. The van der Waals surface area contributed by atoms with Gasteiger partial charge in [-0.2, -0.15) is 13.2 Å². The molecule has 0 unspecified atom stereocenters. The molecule has 0 radical (unpaired) electrons. The Morgan fingerprint density at radius 2 is 1.93 bits per heavy atom. The third-order valence-corrected chi connectivity index (χ3v) is 4.86. The minimum atomic E-state index is -4.25. The van der Waals surface area contributed by atoms with Crippen LogP contribution in [0.25, 0.3) is 27.7 Å². The quantitative estimate of drug-likeness (QED) is 0.454. The molecule has 0 bridgehead atoms. The highest BCUT2D eigenvalue weighted by Crippen LogP contribution is 2.32. The zero-order chi connectivity index (χ0) is 21.6. The Kier molecular flexibility index (Phi) is 4.87. The van der Waals surface area contributed by atoms with E-state index in [4.69, 9.17) is 0 Å². The number of aryl methyl sites for hydroxylation is 1. The first-order valence-electron chi connectivity index (χ1n) is 9.47. The Morgan fingerprint density at radius 3 is 2.63 bits per heavy atom. The highest BCUT2D eigenvalue weighted by Gasteiger charge is 2.26. The number of nitrogens with zero attached hydrogens (tertiary/aromatic N) is 5. The van der Waals surface area contributed by atoms with Crippen molar-refractivity contribution in [2.24, 2.45) is 0 Å². The first-order chi connectivity index (χ1) is 14.1. The van der Waals surface area contributed by atoms with Crippen molar-refractivity contribution < 1.29 is 17.6 Å². The first-order valence-corrected chi connectivity index (χ1v) is 9.47. The number of hydrogen-bond acceptors (Lipinski definition) is 4. The Morgan fingerprint density at radius 1 is 1.17 bits per heavy atom. The Balaban J connectivity index is 1.71. The lowest BCUT2D eigenvalue weighted by atomic mass is 10.1. The SMILES string of the molecule is Cc1nc2c(F)cc(-c3ccn4nc(NCCC(F)(F)F)ncc34)cc2n1C(C)C. The van der Waals surface area contributed by atoms with Crippen LogP contribution in [0, 0.1) is 12.7 Å². The minimum absolute atomic E-state index is 0.0871. The predicted octanol–water partition coefficient (Wildman–Crippen LogP) is 5.14. The van der Waals surface area contributed by atoms with Gasteiger partial charge in [0.1, 0.15) is 11.3 Å². The maximum absolute atomic E-state index is 14.8. The number of fused-ring (bicyclic) bond motifs is 2. The summed E-state index contributed by atoms with van der Waals surface area (Å²) in [6.07, 6.45) is -2.06. The second-order valence-electron chi connectivity index (χ2n) is 7.38. The van der Waals surface area contributed by atoms with Crippen LogP contribution in [-0.4, -0.2) is 36.9 Å². The number of nitrogens with one attached hydrogen (secondary N) is 1.